The molecule has 0 saturated carbocycles. The molecule has 0 N–H and O–H groups in total. The van der Waals surface area contributed by atoms with E-state index in [2.05, 4.69) is 29.9 Å². The Morgan fingerprint density at radius 2 is 1.20 bits per heavy atom. The van der Waals surface area contributed by atoms with Gasteiger partial charge < -0.3 is 9.13 Å². The third-order valence-corrected chi connectivity index (χ3v) is 14.6. The van der Waals surface area contributed by atoms with Crippen LogP contribution in [0.15, 0.2) is 41.5 Å². The van der Waals surface area contributed by atoms with Gasteiger partial charge in [0.15, 0.2) is 46.4 Å². The van der Waals surface area contributed by atoms with E-state index in [4.69, 9.17) is 0 Å². The number of rotatable bonds is 5. The largest absolute Gasteiger partial charge is 0.337 e. The number of carbonyl (C=O) groups is 4. The molecule has 1 atom stereocenters. The molecular weight excluding hydrogens is 757 g/mol. The number of aromatic nitrogens is 2. The number of hydrogen-bond acceptors (Lipinski definition) is 7. The van der Waals surface area contributed by atoms with Crippen molar-refractivity contribution < 1.29 is 36.7 Å². The van der Waals surface area contributed by atoms with E-state index >= 15 is 0 Å². The van der Waals surface area contributed by atoms with Crippen LogP contribution < -0.4 is 0 Å². The van der Waals surface area contributed by atoms with Gasteiger partial charge in [0.2, 0.25) is 0 Å². The number of allylic oxidation sites excluding steroid dienone is 2. The van der Waals surface area contributed by atoms with Crippen molar-refractivity contribution in [1.82, 2.24) is 9.13 Å². The predicted molar refractivity (Wildman–Crippen MR) is 205 cm³/mol. The van der Waals surface area contributed by atoms with Crippen LogP contribution in [0, 0.1) is 29.2 Å². The molecule has 2 aliphatic carbocycles. The summed E-state index contributed by atoms with van der Waals surface area (Å²) in [5, 5.41) is 0. The van der Waals surface area contributed by atoms with Crippen molar-refractivity contribution in [2.24, 2.45) is 5.92 Å². The second-order valence-corrected chi connectivity index (χ2v) is 17.8. The first-order chi connectivity index (χ1) is 25.8. The van der Waals surface area contributed by atoms with Gasteiger partial charge in [-0.1, -0.05) is 20.8 Å². The van der Waals surface area contributed by atoms with Crippen molar-refractivity contribution >= 4 is 110 Å². The molecule has 10 rings (SSSR count). The summed E-state index contributed by atoms with van der Waals surface area (Å²) < 4.78 is 64.9. The van der Waals surface area contributed by atoms with Gasteiger partial charge in [0.05, 0.1) is 52.0 Å². The second-order valence-electron chi connectivity index (χ2n) is 14.6. The normalized spacial score (nSPS) is 16.9. The molecule has 0 spiro atoms. The lowest BCUT2D eigenvalue weighted by Gasteiger charge is -2.21. The van der Waals surface area contributed by atoms with Gasteiger partial charge in [-0.25, -0.2) is 17.6 Å². The average molecular weight is 783 g/mol. The number of nitrogens with zero attached hydrogens (tertiary/aromatic N) is 2. The Morgan fingerprint density at radius 1 is 0.685 bits per heavy atom. The van der Waals surface area contributed by atoms with E-state index < -0.39 is 46.4 Å². The van der Waals surface area contributed by atoms with Crippen LogP contribution in [0.1, 0.15) is 96.3 Å². The van der Waals surface area contributed by atoms with Gasteiger partial charge in [-0.2, -0.15) is 0 Å². The first kappa shape index (κ1) is 33.6. The summed E-state index contributed by atoms with van der Waals surface area (Å²) in [4.78, 5) is 54.5. The number of ketones is 4. The van der Waals surface area contributed by atoms with Gasteiger partial charge in [-0.3, -0.25) is 19.2 Å². The molecule has 0 amide bonds. The quantitative estimate of drug-likeness (QED) is 0.0990. The van der Waals surface area contributed by atoms with Crippen molar-refractivity contribution in [2.75, 3.05) is 0 Å². The zero-order valence-electron chi connectivity index (χ0n) is 28.8. The van der Waals surface area contributed by atoms with Crippen LogP contribution in [-0.2, 0) is 13.1 Å². The number of Topliss-reactive ketones (excluding diaryl/α,β-unsaturated/α-hetero) is 4. The molecule has 0 saturated heterocycles. The van der Waals surface area contributed by atoms with Gasteiger partial charge in [0, 0.05) is 45.1 Å². The van der Waals surface area contributed by atoms with Crippen LogP contribution in [0.3, 0.4) is 0 Å². The summed E-state index contributed by atoms with van der Waals surface area (Å²) in [6.45, 7) is 7.95. The molecule has 1 unspecified atom stereocenters. The van der Waals surface area contributed by atoms with E-state index in [1.54, 1.807) is 17.4 Å². The summed E-state index contributed by atoms with van der Waals surface area (Å²) in [6.07, 6.45) is 4.84. The maximum absolute atomic E-state index is 14.1. The van der Waals surface area contributed by atoms with Crippen molar-refractivity contribution in [3.63, 3.8) is 0 Å². The van der Waals surface area contributed by atoms with Gasteiger partial charge in [0.25, 0.3) is 0 Å². The molecule has 54 heavy (non-hydrogen) atoms. The minimum absolute atomic E-state index is 0.105. The first-order valence-corrected chi connectivity index (χ1v) is 19.9. The van der Waals surface area contributed by atoms with Crippen LogP contribution in [0.2, 0.25) is 0 Å². The molecule has 270 valence electrons. The summed E-state index contributed by atoms with van der Waals surface area (Å²) in [7, 11) is 0. The molecule has 5 aromatic heterocycles. The summed E-state index contributed by atoms with van der Waals surface area (Å²) in [6, 6.07) is 5.13. The fourth-order valence-corrected chi connectivity index (χ4v) is 12.3. The third-order valence-electron chi connectivity index (χ3n) is 10.9. The molecule has 6 heterocycles. The van der Waals surface area contributed by atoms with Crippen molar-refractivity contribution in [3.05, 3.63) is 102 Å². The maximum atomic E-state index is 14.1. The summed E-state index contributed by atoms with van der Waals surface area (Å²) in [5.74, 6) is -6.68. The molecular formula is C41H26F4N2O4S3. The summed E-state index contributed by atoms with van der Waals surface area (Å²) >= 11 is 4.61. The Kier molecular flexibility index (Phi) is 7.16. The fraction of sp³-hybridized carbons (Fsp3) is 0.220. The van der Waals surface area contributed by atoms with Gasteiger partial charge in [0.1, 0.15) is 0 Å². The van der Waals surface area contributed by atoms with E-state index in [0.29, 0.717) is 10.8 Å². The van der Waals surface area contributed by atoms with Crippen LogP contribution in [-0.4, -0.2) is 32.3 Å². The Labute approximate surface area is 315 Å². The van der Waals surface area contributed by atoms with Crippen LogP contribution in [0.4, 0.5) is 17.6 Å². The number of benzene rings is 2. The SMILES string of the molecule is CC(C)CCn1c2cc(C=C3C(=O)c4cc(F)c(F)cc4C3=O)sc2c2sc3c4sc(C=C5C(=O)c6cc(F)c(F)cc6C5=O)c5c4n(c3c21)CCC5C. The standard InChI is InChI=1S/C41H26F4N2O4S3/c1-15(2)4-6-46-28-9-17(8-22-34(48)18-10-24(42)25(43)11-19(18)35(22)49)52-38(28)40-32(46)33-41(54-40)39-31-30(16(3)5-7-47(31)33)29(53-39)14-23-36(50)20-12-26(44)27(45)13-21(20)37(23)51/h8-16H,4-7H2,1-3H3. The molecule has 1 aliphatic heterocycles. The molecule has 3 aliphatic rings. The lowest BCUT2D eigenvalue weighted by molar-refractivity contribution is 0.0975. The number of fused-ring (bicyclic) bond motifs is 9. The van der Waals surface area contributed by atoms with Crippen molar-refractivity contribution in [1.29, 1.82) is 0 Å². The number of aryl methyl sites for hydroxylation is 2. The maximum Gasteiger partial charge on any atom is 0.197 e. The zero-order valence-corrected chi connectivity index (χ0v) is 31.2. The van der Waals surface area contributed by atoms with Gasteiger partial charge in [-0.05, 0) is 72.7 Å². The van der Waals surface area contributed by atoms with Crippen LogP contribution >= 0.6 is 34.0 Å². The monoisotopic (exact) mass is 782 g/mol. The van der Waals surface area contributed by atoms with Gasteiger partial charge in [-0.15, -0.1) is 34.0 Å². The zero-order chi connectivity index (χ0) is 37.6. The molecule has 6 nitrogen and oxygen atoms in total. The van der Waals surface area contributed by atoms with E-state index in [9.17, 15) is 36.7 Å². The highest BCUT2D eigenvalue weighted by Gasteiger charge is 2.38. The molecule has 0 bridgehead atoms. The number of halogens is 4. The first-order valence-electron chi connectivity index (χ1n) is 17.5. The molecule has 2 aromatic carbocycles. The van der Waals surface area contributed by atoms with Crippen LogP contribution in [0.25, 0.3) is 53.0 Å². The smallest absolute Gasteiger partial charge is 0.197 e. The highest BCUT2D eigenvalue weighted by Crippen LogP contribution is 2.53. The lowest BCUT2D eigenvalue weighted by Crippen LogP contribution is -2.11. The van der Waals surface area contributed by atoms with E-state index in [-0.39, 0.29) is 39.3 Å². The van der Waals surface area contributed by atoms with E-state index in [1.807, 2.05) is 6.07 Å². The molecule has 0 radical (unpaired) electrons. The lowest BCUT2D eigenvalue weighted by atomic mass is 9.93. The average Bonchev–Trinajstić information content (AvgIpc) is 3.97. The molecule has 13 heteroatoms. The molecule has 7 aromatic rings. The topological polar surface area (TPSA) is 78.1 Å². The van der Waals surface area contributed by atoms with E-state index in [0.717, 1.165) is 102 Å². The minimum atomic E-state index is -1.18. The van der Waals surface area contributed by atoms with Gasteiger partial charge >= 0.3 is 0 Å². The number of hydrogen-bond donors (Lipinski definition) is 0. The highest BCUT2D eigenvalue weighted by molar-refractivity contribution is 7.34. The summed E-state index contributed by atoms with van der Waals surface area (Å²) in [5.41, 5.74) is 4.52. The fourth-order valence-electron chi connectivity index (χ4n) is 8.22. The third kappa shape index (κ3) is 4.48. The van der Waals surface area contributed by atoms with Crippen molar-refractivity contribution in [3.8, 4) is 0 Å². The second kappa shape index (κ2) is 11.5. The van der Waals surface area contributed by atoms with Crippen molar-refractivity contribution in [2.45, 2.75) is 52.6 Å². The minimum Gasteiger partial charge on any atom is -0.337 e. The molecule has 0 fully saturated rings. The number of thiophene rings is 3. The Hall–Kier alpha value is -4.98. The Balaban J connectivity index is 1.15. The Bertz CT molecular complexity index is 2930. The number of carbonyl (C=O) groups excluding carboxylic acids is 4. The van der Waals surface area contributed by atoms with Crippen LogP contribution in [0.5, 0.6) is 0 Å². The predicted octanol–water partition coefficient (Wildman–Crippen LogP) is 11.1. The van der Waals surface area contributed by atoms with E-state index in [1.165, 1.54) is 28.7 Å². The Morgan fingerprint density at radius 3 is 1.76 bits per heavy atom. The highest BCUT2D eigenvalue weighted by atomic mass is 32.1.